The Balaban J connectivity index is 1.64. The Morgan fingerprint density at radius 2 is 1.63 bits per heavy atom. The van der Waals surface area contributed by atoms with Gasteiger partial charge in [0, 0.05) is 18.5 Å². The van der Waals surface area contributed by atoms with Gasteiger partial charge in [0.25, 0.3) is 0 Å². The maximum Gasteiger partial charge on any atom is 0.244 e. The average molecular weight is 489 g/mol. The molecule has 0 bridgehead atoms. The third-order valence-corrected chi connectivity index (χ3v) is 7.59. The van der Waals surface area contributed by atoms with E-state index >= 15 is 0 Å². The molecule has 0 saturated carbocycles. The highest BCUT2D eigenvalue weighted by Gasteiger charge is 2.29. The summed E-state index contributed by atoms with van der Waals surface area (Å²) in [5, 5.41) is 1.43. The summed E-state index contributed by atoms with van der Waals surface area (Å²) in [5.41, 5.74) is 0.941. The van der Waals surface area contributed by atoms with Gasteiger partial charge >= 0.3 is 0 Å². The maximum absolute atomic E-state index is 13.7. The van der Waals surface area contributed by atoms with Crippen molar-refractivity contribution in [3.05, 3.63) is 115 Å². The number of nitrogens with zero attached hydrogens (tertiary/aromatic N) is 2. The molecule has 0 spiro atoms. The molecule has 3 aromatic carbocycles. The van der Waals surface area contributed by atoms with Crippen molar-refractivity contribution >= 4 is 26.7 Å². The van der Waals surface area contributed by atoms with Crippen molar-refractivity contribution in [2.45, 2.75) is 24.9 Å². The van der Waals surface area contributed by atoms with E-state index in [1.807, 2.05) is 67.6 Å². The number of carbonyl (C=O) groups is 1. The predicted octanol–water partition coefficient (Wildman–Crippen LogP) is 5.15. The number of hydrogen-bond acceptors (Lipinski definition) is 4. The lowest BCUT2D eigenvalue weighted by Gasteiger charge is -2.26. The molecule has 1 aromatic heterocycles. The average Bonchev–Trinajstić information content (AvgIpc) is 3.28. The lowest BCUT2D eigenvalue weighted by molar-refractivity contribution is -0.132. The minimum absolute atomic E-state index is 0.0102. The van der Waals surface area contributed by atoms with Crippen molar-refractivity contribution in [3.63, 3.8) is 0 Å². The first-order valence-electron chi connectivity index (χ1n) is 11.3. The molecule has 0 atom stereocenters. The zero-order valence-corrected chi connectivity index (χ0v) is 20.4. The largest absolute Gasteiger partial charge is 0.464 e. The van der Waals surface area contributed by atoms with Crippen LogP contribution in [0.2, 0.25) is 0 Å². The Morgan fingerprint density at radius 1 is 0.914 bits per heavy atom. The molecular formula is C28H28N2O4S. The van der Waals surface area contributed by atoms with Gasteiger partial charge in [0.15, 0.2) is 0 Å². The number of hydrogen-bond donors (Lipinski definition) is 0. The van der Waals surface area contributed by atoms with Crippen molar-refractivity contribution in [3.8, 4) is 0 Å². The molecule has 0 saturated heterocycles. The highest BCUT2D eigenvalue weighted by atomic mass is 32.2. The van der Waals surface area contributed by atoms with Crippen LogP contribution in [0.5, 0.6) is 0 Å². The van der Waals surface area contributed by atoms with Crippen molar-refractivity contribution in [1.82, 2.24) is 9.21 Å². The molecule has 180 valence electrons. The number of benzene rings is 3. The summed E-state index contributed by atoms with van der Waals surface area (Å²) < 4.78 is 34.3. The van der Waals surface area contributed by atoms with Crippen LogP contribution >= 0.6 is 0 Å². The number of fused-ring (bicyclic) bond motifs is 1. The van der Waals surface area contributed by atoms with Gasteiger partial charge < -0.3 is 9.32 Å². The first-order valence-corrected chi connectivity index (χ1v) is 12.8. The van der Waals surface area contributed by atoms with Crippen molar-refractivity contribution in [2.75, 3.05) is 13.1 Å². The van der Waals surface area contributed by atoms with Gasteiger partial charge in [-0.05, 0) is 36.1 Å². The molecule has 35 heavy (non-hydrogen) atoms. The SMILES string of the molecule is C=CCN(CC(=O)N(Cc1ccccc1)Cc1ccc(C)o1)S(=O)(=O)c1cccc2ccccc12. The highest BCUT2D eigenvalue weighted by Crippen LogP contribution is 2.26. The zero-order valence-electron chi connectivity index (χ0n) is 19.6. The Bertz CT molecular complexity index is 1420. The fraction of sp³-hybridized carbons (Fsp3) is 0.179. The molecule has 4 aromatic rings. The van der Waals surface area contributed by atoms with Crippen molar-refractivity contribution < 1.29 is 17.6 Å². The minimum atomic E-state index is -3.97. The van der Waals surface area contributed by atoms with Crippen LogP contribution in [0.15, 0.2) is 107 Å². The van der Waals surface area contributed by atoms with Crippen molar-refractivity contribution in [1.29, 1.82) is 0 Å². The summed E-state index contributed by atoms with van der Waals surface area (Å²) >= 11 is 0. The summed E-state index contributed by atoms with van der Waals surface area (Å²) in [6.45, 7) is 5.81. The van der Waals surface area contributed by atoms with E-state index in [2.05, 4.69) is 6.58 Å². The summed E-state index contributed by atoms with van der Waals surface area (Å²) in [6, 6.07) is 25.7. The van der Waals surface area contributed by atoms with E-state index in [9.17, 15) is 13.2 Å². The Kier molecular flexibility index (Phi) is 7.48. The smallest absolute Gasteiger partial charge is 0.244 e. The van der Waals surface area contributed by atoms with Gasteiger partial charge in [-0.2, -0.15) is 4.31 Å². The van der Waals surface area contributed by atoms with E-state index in [1.54, 1.807) is 29.2 Å². The molecule has 0 N–H and O–H groups in total. The second kappa shape index (κ2) is 10.7. The number of amides is 1. The maximum atomic E-state index is 13.7. The Labute approximate surface area is 206 Å². The number of sulfonamides is 1. The van der Waals surface area contributed by atoms with Crippen LogP contribution in [0.1, 0.15) is 17.1 Å². The standard InChI is InChI=1S/C28H28N2O4S/c1-3-18-30(35(32,33)27-15-9-13-24-12-7-8-14-26(24)27)21-28(31)29(19-23-10-5-4-6-11-23)20-25-17-16-22(2)34-25/h3-17H,1,18-21H2,2H3. The molecule has 7 heteroatoms. The van der Waals surface area contributed by atoms with E-state index in [0.29, 0.717) is 17.7 Å². The first kappa shape index (κ1) is 24.4. The second-order valence-electron chi connectivity index (χ2n) is 8.31. The van der Waals surface area contributed by atoms with Crippen LogP contribution in [0.4, 0.5) is 0 Å². The van der Waals surface area contributed by atoms with E-state index in [0.717, 1.165) is 16.7 Å². The zero-order chi connectivity index (χ0) is 24.8. The molecule has 6 nitrogen and oxygen atoms in total. The molecule has 1 heterocycles. The van der Waals surface area contributed by atoms with E-state index in [1.165, 1.54) is 10.4 Å². The third-order valence-electron chi connectivity index (χ3n) is 5.72. The van der Waals surface area contributed by atoms with Crippen LogP contribution in [-0.2, 0) is 27.9 Å². The van der Waals surface area contributed by atoms with Gasteiger partial charge in [-0.3, -0.25) is 4.79 Å². The lowest BCUT2D eigenvalue weighted by Crippen LogP contribution is -2.42. The van der Waals surface area contributed by atoms with Crippen LogP contribution in [0, 0.1) is 6.92 Å². The summed E-state index contributed by atoms with van der Waals surface area (Å²) in [5.74, 6) is 1.06. The van der Waals surface area contributed by atoms with Gasteiger partial charge in [-0.1, -0.05) is 72.8 Å². The topological polar surface area (TPSA) is 70.8 Å². The van der Waals surface area contributed by atoms with Crippen LogP contribution in [0.25, 0.3) is 10.8 Å². The van der Waals surface area contributed by atoms with Crippen LogP contribution in [0.3, 0.4) is 0 Å². The molecular weight excluding hydrogens is 460 g/mol. The first-order chi connectivity index (χ1) is 16.9. The van der Waals surface area contributed by atoms with Gasteiger partial charge in [-0.15, -0.1) is 6.58 Å². The molecule has 0 aliphatic rings. The number of furan rings is 1. The van der Waals surface area contributed by atoms with Gasteiger partial charge in [0.05, 0.1) is 18.0 Å². The van der Waals surface area contributed by atoms with Crippen molar-refractivity contribution in [2.24, 2.45) is 0 Å². The third kappa shape index (κ3) is 5.70. The molecule has 4 rings (SSSR count). The number of rotatable bonds is 10. The highest BCUT2D eigenvalue weighted by molar-refractivity contribution is 7.89. The molecule has 0 radical (unpaired) electrons. The normalized spacial score (nSPS) is 11.6. The van der Waals surface area contributed by atoms with E-state index < -0.39 is 10.0 Å². The molecule has 0 fully saturated rings. The fourth-order valence-electron chi connectivity index (χ4n) is 4.00. The lowest BCUT2D eigenvalue weighted by atomic mass is 10.1. The molecule has 0 unspecified atom stereocenters. The number of aryl methyl sites for hydroxylation is 1. The Hall–Kier alpha value is -3.68. The summed E-state index contributed by atoms with van der Waals surface area (Å²) in [6.07, 6.45) is 1.49. The fourth-order valence-corrected chi connectivity index (χ4v) is 5.57. The summed E-state index contributed by atoms with van der Waals surface area (Å²) in [4.78, 5) is 15.3. The second-order valence-corrected chi connectivity index (χ2v) is 10.2. The minimum Gasteiger partial charge on any atom is -0.464 e. The molecule has 0 aliphatic heterocycles. The number of carbonyl (C=O) groups excluding carboxylic acids is 1. The van der Waals surface area contributed by atoms with Crippen LogP contribution in [-0.4, -0.2) is 36.6 Å². The van der Waals surface area contributed by atoms with Gasteiger partial charge in [-0.25, -0.2) is 8.42 Å². The predicted molar refractivity (Wildman–Crippen MR) is 137 cm³/mol. The quantitative estimate of drug-likeness (QED) is 0.290. The van der Waals surface area contributed by atoms with Gasteiger partial charge in [0.1, 0.15) is 11.5 Å². The summed E-state index contributed by atoms with van der Waals surface area (Å²) in [7, 11) is -3.97. The van der Waals surface area contributed by atoms with E-state index in [4.69, 9.17) is 4.42 Å². The molecule has 0 aliphatic carbocycles. The van der Waals surface area contributed by atoms with Gasteiger partial charge in [0.2, 0.25) is 15.9 Å². The monoisotopic (exact) mass is 488 g/mol. The van der Waals surface area contributed by atoms with Crippen LogP contribution < -0.4 is 0 Å². The van der Waals surface area contributed by atoms with E-state index in [-0.39, 0.29) is 30.4 Å². The molecule has 1 amide bonds. The Morgan fingerprint density at radius 3 is 2.34 bits per heavy atom.